The molecule has 2 nitrogen and oxygen atoms in total. The van der Waals surface area contributed by atoms with E-state index < -0.39 is 0 Å². The molecule has 1 N–H and O–H groups in total. The van der Waals surface area contributed by atoms with Crippen molar-refractivity contribution in [1.82, 2.24) is 0 Å². The fourth-order valence-electron chi connectivity index (χ4n) is 3.48. The second-order valence-electron chi connectivity index (χ2n) is 5.62. The van der Waals surface area contributed by atoms with E-state index in [0.717, 1.165) is 0 Å². The van der Waals surface area contributed by atoms with Gasteiger partial charge in [0, 0.05) is 19.1 Å². The maximum atomic E-state index is 3.76. The molecule has 0 aromatic heterocycles. The number of rotatable bonds is 0. The summed E-state index contributed by atoms with van der Waals surface area (Å²) in [6.07, 6.45) is 5.41. The van der Waals surface area contributed by atoms with Crippen LogP contribution in [0.5, 0.6) is 0 Å². The lowest BCUT2D eigenvalue weighted by atomic mass is 9.86. The van der Waals surface area contributed by atoms with Gasteiger partial charge in [-0.05, 0) is 43.9 Å². The Morgan fingerprint density at radius 1 is 1.18 bits per heavy atom. The number of hydrogen-bond donors (Lipinski definition) is 1. The number of anilines is 2. The molecule has 0 radical (unpaired) electrons. The molecule has 92 valence electrons. The van der Waals surface area contributed by atoms with Crippen molar-refractivity contribution in [2.75, 3.05) is 17.3 Å². The van der Waals surface area contributed by atoms with Gasteiger partial charge >= 0.3 is 0 Å². The number of nitrogens with zero attached hydrogens (tertiary/aromatic N) is 1. The zero-order valence-corrected chi connectivity index (χ0v) is 11.1. The van der Waals surface area contributed by atoms with Gasteiger partial charge in [-0.2, -0.15) is 0 Å². The van der Waals surface area contributed by atoms with E-state index in [2.05, 4.69) is 43.2 Å². The molecule has 0 spiro atoms. The fourth-order valence-corrected chi connectivity index (χ4v) is 3.48. The van der Waals surface area contributed by atoms with E-state index in [1.165, 1.54) is 48.2 Å². The molecule has 2 aliphatic rings. The summed E-state index contributed by atoms with van der Waals surface area (Å²) in [4.78, 5) is 2.53. The average Bonchev–Trinajstić information content (AvgIpc) is 2.34. The van der Waals surface area contributed by atoms with Gasteiger partial charge in [-0.1, -0.05) is 18.9 Å². The summed E-state index contributed by atoms with van der Waals surface area (Å²) >= 11 is 0. The van der Waals surface area contributed by atoms with Crippen molar-refractivity contribution in [3.63, 3.8) is 0 Å². The monoisotopic (exact) mass is 230 g/mol. The van der Waals surface area contributed by atoms with E-state index >= 15 is 0 Å². The summed E-state index contributed by atoms with van der Waals surface area (Å²) in [5.41, 5.74) is 5.58. The van der Waals surface area contributed by atoms with Crippen molar-refractivity contribution < 1.29 is 0 Å². The molecular weight excluding hydrogens is 208 g/mol. The van der Waals surface area contributed by atoms with Gasteiger partial charge in [0.2, 0.25) is 0 Å². The van der Waals surface area contributed by atoms with Gasteiger partial charge in [0.1, 0.15) is 0 Å². The van der Waals surface area contributed by atoms with E-state index in [4.69, 9.17) is 0 Å². The first kappa shape index (κ1) is 10.9. The van der Waals surface area contributed by atoms with Crippen molar-refractivity contribution in [2.24, 2.45) is 0 Å². The first-order valence-electron chi connectivity index (χ1n) is 6.78. The van der Waals surface area contributed by atoms with Gasteiger partial charge < -0.3 is 10.2 Å². The standard InChI is InChI=1S/C15H22N2/c1-10-8-9-13-15(11(10)2)17(3)14-7-5-4-6-12(14)16-13/h8-9,12,14,16H,4-7H2,1-3H3. The number of aryl methyl sites for hydroxylation is 1. The van der Waals surface area contributed by atoms with Gasteiger partial charge in [-0.3, -0.25) is 0 Å². The van der Waals surface area contributed by atoms with Gasteiger partial charge in [0.25, 0.3) is 0 Å². The quantitative estimate of drug-likeness (QED) is 0.734. The summed E-state index contributed by atoms with van der Waals surface area (Å²) in [6, 6.07) is 5.83. The predicted octanol–water partition coefficient (Wildman–Crippen LogP) is 3.48. The number of likely N-dealkylation sites (N-methyl/N-ethyl adjacent to an activating group) is 1. The molecule has 0 amide bonds. The molecule has 1 aliphatic heterocycles. The van der Waals surface area contributed by atoms with Crippen molar-refractivity contribution >= 4 is 11.4 Å². The summed E-state index contributed by atoms with van der Waals surface area (Å²) in [6.45, 7) is 4.45. The van der Waals surface area contributed by atoms with Gasteiger partial charge in [0.05, 0.1) is 11.4 Å². The molecule has 1 aromatic rings. The largest absolute Gasteiger partial charge is 0.379 e. The molecule has 2 atom stereocenters. The maximum absolute atomic E-state index is 3.76. The third kappa shape index (κ3) is 1.62. The normalized spacial score (nSPS) is 27.1. The predicted molar refractivity (Wildman–Crippen MR) is 74.0 cm³/mol. The molecule has 1 aliphatic carbocycles. The molecule has 1 fully saturated rings. The second kappa shape index (κ2) is 3.94. The lowest BCUT2D eigenvalue weighted by molar-refractivity contribution is 0.384. The Hall–Kier alpha value is -1.18. The van der Waals surface area contributed by atoms with E-state index in [1.54, 1.807) is 0 Å². The van der Waals surface area contributed by atoms with Gasteiger partial charge in [-0.25, -0.2) is 0 Å². The molecule has 2 heteroatoms. The molecule has 1 saturated carbocycles. The van der Waals surface area contributed by atoms with Crippen molar-refractivity contribution in [2.45, 2.75) is 51.6 Å². The zero-order chi connectivity index (χ0) is 12.0. The van der Waals surface area contributed by atoms with Crippen LogP contribution in [0, 0.1) is 13.8 Å². The van der Waals surface area contributed by atoms with Crippen LogP contribution < -0.4 is 10.2 Å². The van der Waals surface area contributed by atoms with Crippen LogP contribution in [-0.4, -0.2) is 19.1 Å². The minimum absolute atomic E-state index is 0.656. The smallest absolute Gasteiger partial charge is 0.0635 e. The molecule has 1 heterocycles. The average molecular weight is 230 g/mol. The van der Waals surface area contributed by atoms with E-state index in [0.29, 0.717) is 12.1 Å². The van der Waals surface area contributed by atoms with Crippen molar-refractivity contribution in [3.8, 4) is 0 Å². The molecule has 0 saturated heterocycles. The molecule has 2 unspecified atom stereocenters. The van der Waals surface area contributed by atoms with Crippen molar-refractivity contribution in [1.29, 1.82) is 0 Å². The number of hydrogen-bond acceptors (Lipinski definition) is 2. The topological polar surface area (TPSA) is 15.3 Å². The highest BCUT2D eigenvalue weighted by Crippen LogP contribution is 2.40. The first-order chi connectivity index (χ1) is 8.18. The highest BCUT2D eigenvalue weighted by molar-refractivity contribution is 5.77. The summed E-state index contributed by atoms with van der Waals surface area (Å²) in [5, 5.41) is 3.76. The van der Waals surface area contributed by atoms with Gasteiger partial charge in [-0.15, -0.1) is 0 Å². The first-order valence-corrected chi connectivity index (χ1v) is 6.78. The summed E-state index contributed by atoms with van der Waals surface area (Å²) < 4.78 is 0. The Morgan fingerprint density at radius 3 is 2.76 bits per heavy atom. The van der Waals surface area contributed by atoms with Crippen LogP contribution in [0.1, 0.15) is 36.8 Å². The SMILES string of the molecule is Cc1ccc2c(c1C)N(C)C1CCCCC1N2. The number of benzene rings is 1. The van der Waals surface area contributed by atoms with Crippen LogP contribution in [0.25, 0.3) is 0 Å². The lowest BCUT2D eigenvalue weighted by Gasteiger charge is -2.46. The third-order valence-corrected chi connectivity index (χ3v) is 4.62. The summed E-state index contributed by atoms with van der Waals surface area (Å²) in [7, 11) is 2.27. The number of nitrogens with one attached hydrogen (secondary N) is 1. The minimum Gasteiger partial charge on any atom is -0.379 e. The summed E-state index contributed by atoms with van der Waals surface area (Å²) in [5.74, 6) is 0. The van der Waals surface area contributed by atoms with Gasteiger partial charge in [0.15, 0.2) is 0 Å². The molecule has 0 bridgehead atoms. The highest BCUT2D eigenvalue weighted by atomic mass is 15.2. The Balaban J connectivity index is 2.06. The molecule has 3 rings (SSSR count). The molecular formula is C15H22N2. The van der Waals surface area contributed by atoms with Crippen LogP contribution in [0.2, 0.25) is 0 Å². The Morgan fingerprint density at radius 2 is 1.94 bits per heavy atom. The van der Waals surface area contributed by atoms with E-state index in [9.17, 15) is 0 Å². The Bertz CT molecular complexity index is 439. The van der Waals surface area contributed by atoms with Crippen LogP contribution in [0.4, 0.5) is 11.4 Å². The molecule has 1 aromatic carbocycles. The Kier molecular flexibility index (Phi) is 2.53. The fraction of sp³-hybridized carbons (Fsp3) is 0.600. The van der Waals surface area contributed by atoms with Crippen LogP contribution in [0.3, 0.4) is 0 Å². The van der Waals surface area contributed by atoms with E-state index in [1.807, 2.05) is 0 Å². The highest BCUT2D eigenvalue weighted by Gasteiger charge is 2.34. The second-order valence-corrected chi connectivity index (χ2v) is 5.62. The lowest BCUT2D eigenvalue weighted by Crippen LogP contribution is -2.51. The van der Waals surface area contributed by atoms with Crippen LogP contribution in [0.15, 0.2) is 12.1 Å². The Labute approximate surface area is 104 Å². The van der Waals surface area contributed by atoms with Crippen LogP contribution >= 0.6 is 0 Å². The maximum Gasteiger partial charge on any atom is 0.0635 e. The number of fused-ring (bicyclic) bond motifs is 2. The van der Waals surface area contributed by atoms with Crippen LogP contribution in [-0.2, 0) is 0 Å². The zero-order valence-electron chi connectivity index (χ0n) is 11.1. The minimum atomic E-state index is 0.656. The molecule has 17 heavy (non-hydrogen) atoms. The van der Waals surface area contributed by atoms with E-state index in [-0.39, 0.29) is 0 Å². The van der Waals surface area contributed by atoms with Crippen molar-refractivity contribution in [3.05, 3.63) is 23.3 Å². The third-order valence-electron chi connectivity index (χ3n) is 4.62.